The van der Waals surface area contributed by atoms with Gasteiger partial charge < -0.3 is 9.84 Å². The van der Waals surface area contributed by atoms with E-state index in [1.165, 1.54) is 0 Å². The SMILES string of the molecule is CCC1(c2nc(-c3ccccn3)no2)CCNC1. The van der Waals surface area contributed by atoms with Gasteiger partial charge in [0.2, 0.25) is 11.7 Å². The number of aromatic nitrogens is 3. The van der Waals surface area contributed by atoms with Crippen LogP contribution in [0.25, 0.3) is 11.5 Å². The van der Waals surface area contributed by atoms with Crippen LogP contribution in [0.15, 0.2) is 28.9 Å². The molecule has 1 aliphatic rings. The number of nitrogens with one attached hydrogen (secondary N) is 1. The average molecular weight is 244 g/mol. The van der Waals surface area contributed by atoms with E-state index in [9.17, 15) is 0 Å². The fourth-order valence-electron chi connectivity index (χ4n) is 2.42. The van der Waals surface area contributed by atoms with Crippen molar-refractivity contribution in [1.29, 1.82) is 0 Å². The molecule has 2 aromatic heterocycles. The van der Waals surface area contributed by atoms with E-state index in [2.05, 4.69) is 27.4 Å². The van der Waals surface area contributed by atoms with Crippen molar-refractivity contribution in [2.75, 3.05) is 13.1 Å². The van der Waals surface area contributed by atoms with Gasteiger partial charge in [-0.15, -0.1) is 0 Å². The smallest absolute Gasteiger partial charge is 0.234 e. The van der Waals surface area contributed by atoms with E-state index in [0.29, 0.717) is 5.82 Å². The van der Waals surface area contributed by atoms with Crippen LogP contribution in [0, 0.1) is 0 Å². The Hall–Kier alpha value is -1.75. The van der Waals surface area contributed by atoms with Crippen molar-refractivity contribution >= 4 is 0 Å². The highest BCUT2D eigenvalue weighted by Crippen LogP contribution is 2.33. The molecule has 94 valence electrons. The second-order valence-corrected chi connectivity index (χ2v) is 4.70. The first kappa shape index (κ1) is 11.3. The quantitative estimate of drug-likeness (QED) is 0.891. The van der Waals surface area contributed by atoms with Crippen LogP contribution >= 0.6 is 0 Å². The lowest BCUT2D eigenvalue weighted by atomic mass is 9.84. The van der Waals surface area contributed by atoms with Crippen LogP contribution < -0.4 is 5.32 Å². The van der Waals surface area contributed by atoms with Crippen molar-refractivity contribution < 1.29 is 4.52 Å². The average Bonchev–Trinajstić information content (AvgIpc) is 3.09. The number of rotatable bonds is 3. The van der Waals surface area contributed by atoms with Crippen molar-refractivity contribution in [3.05, 3.63) is 30.3 Å². The summed E-state index contributed by atoms with van der Waals surface area (Å²) in [5.41, 5.74) is 0.754. The van der Waals surface area contributed by atoms with Gasteiger partial charge in [0, 0.05) is 12.7 Å². The second kappa shape index (κ2) is 4.49. The molecular formula is C13H16N4O. The van der Waals surface area contributed by atoms with Crippen molar-refractivity contribution in [2.24, 2.45) is 0 Å². The maximum atomic E-state index is 5.46. The van der Waals surface area contributed by atoms with E-state index in [0.717, 1.165) is 37.5 Å². The molecule has 1 N–H and O–H groups in total. The first-order chi connectivity index (χ1) is 8.84. The molecule has 1 unspecified atom stereocenters. The van der Waals surface area contributed by atoms with E-state index >= 15 is 0 Å². The van der Waals surface area contributed by atoms with Crippen LogP contribution in [0.3, 0.4) is 0 Å². The maximum Gasteiger partial charge on any atom is 0.234 e. The van der Waals surface area contributed by atoms with Gasteiger partial charge in [-0.05, 0) is 31.5 Å². The van der Waals surface area contributed by atoms with Crippen LogP contribution in [0.1, 0.15) is 25.7 Å². The highest BCUT2D eigenvalue weighted by molar-refractivity contribution is 5.47. The van der Waals surface area contributed by atoms with E-state index in [1.807, 2.05) is 18.2 Å². The fourth-order valence-corrected chi connectivity index (χ4v) is 2.42. The van der Waals surface area contributed by atoms with Crippen LogP contribution in [-0.2, 0) is 5.41 Å². The Morgan fingerprint density at radius 3 is 3.06 bits per heavy atom. The van der Waals surface area contributed by atoms with Crippen molar-refractivity contribution in [3.63, 3.8) is 0 Å². The minimum Gasteiger partial charge on any atom is -0.338 e. The van der Waals surface area contributed by atoms with Crippen molar-refractivity contribution in [3.8, 4) is 11.5 Å². The summed E-state index contributed by atoms with van der Waals surface area (Å²) in [6.07, 6.45) is 3.79. The summed E-state index contributed by atoms with van der Waals surface area (Å²) in [4.78, 5) is 8.76. The standard InChI is InChI=1S/C13H16N4O/c1-2-13(6-8-14-9-13)12-16-11(17-18-12)10-5-3-4-7-15-10/h3-5,7,14H,2,6,8-9H2,1H3. The molecule has 1 fully saturated rings. The van der Waals surface area contributed by atoms with Gasteiger partial charge in [-0.25, -0.2) is 0 Å². The Morgan fingerprint density at radius 2 is 2.39 bits per heavy atom. The van der Waals surface area contributed by atoms with E-state index in [4.69, 9.17) is 4.52 Å². The summed E-state index contributed by atoms with van der Waals surface area (Å²) in [6.45, 7) is 4.08. The Labute approximate surface area is 106 Å². The summed E-state index contributed by atoms with van der Waals surface area (Å²) in [6, 6.07) is 5.68. The first-order valence-corrected chi connectivity index (χ1v) is 6.30. The molecule has 0 aliphatic carbocycles. The molecule has 0 aromatic carbocycles. The Bertz CT molecular complexity index is 517. The molecule has 0 saturated carbocycles. The summed E-state index contributed by atoms with van der Waals surface area (Å²) in [7, 11) is 0. The third-order valence-electron chi connectivity index (χ3n) is 3.69. The second-order valence-electron chi connectivity index (χ2n) is 4.70. The van der Waals surface area contributed by atoms with Crippen LogP contribution in [-0.4, -0.2) is 28.2 Å². The predicted octanol–water partition coefficient (Wildman–Crippen LogP) is 1.77. The molecule has 0 radical (unpaired) electrons. The van der Waals surface area contributed by atoms with Crippen molar-refractivity contribution in [2.45, 2.75) is 25.2 Å². The lowest BCUT2D eigenvalue weighted by molar-refractivity contribution is 0.285. The van der Waals surface area contributed by atoms with E-state index in [-0.39, 0.29) is 5.41 Å². The van der Waals surface area contributed by atoms with Crippen LogP contribution in [0.5, 0.6) is 0 Å². The minimum atomic E-state index is 0.0000301. The molecule has 0 bridgehead atoms. The third kappa shape index (κ3) is 1.80. The molecule has 18 heavy (non-hydrogen) atoms. The summed E-state index contributed by atoms with van der Waals surface area (Å²) in [5, 5.41) is 7.42. The summed E-state index contributed by atoms with van der Waals surface area (Å²) < 4.78 is 5.46. The normalized spacial score (nSPS) is 23.4. The topological polar surface area (TPSA) is 63.8 Å². The molecule has 0 spiro atoms. The molecular weight excluding hydrogens is 228 g/mol. The summed E-state index contributed by atoms with van der Waals surface area (Å²) >= 11 is 0. The number of hydrogen-bond acceptors (Lipinski definition) is 5. The summed E-state index contributed by atoms with van der Waals surface area (Å²) in [5.74, 6) is 1.31. The molecule has 1 atom stereocenters. The predicted molar refractivity (Wildman–Crippen MR) is 67.0 cm³/mol. The van der Waals surface area contributed by atoms with Crippen molar-refractivity contribution in [1.82, 2.24) is 20.4 Å². The third-order valence-corrected chi connectivity index (χ3v) is 3.69. The number of nitrogens with zero attached hydrogens (tertiary/aromatic N) is 3. The molecule has 2 aromatic rings. The zero-order chi connectivity index (χ0) is 12.4. The number of pyridine rings is 1. The van der Waals surface area contributed by atoms with Gasteiger partial charge >= 0.3 is 0 Å². The highest BCUT2D eigenvalue weighted by atomic mass is 16.5. The Morgan fingerprint density at radius 1 is 1.44 bits per heavy atom. The van der Waals surface area contributed by atoms with E-state index < -0.39 is 0 Å². The molecule has 1 saturated heterocycles. The van der Waals surface area contributed by atoms with Gasteiger partial charge in [-0.2, -0.15) is 4.98 Å². The molecule has 5 heteroatoms. The fraction of sp³-hybridized carbons (Fsp3) is 0.462. The molecule has 3 heterocycles. The molecule has 1 aliphatic heterocycles. The largest absolute Gasteiger partial charge is 0.338 e. The zero-order valence-electron chi connectivity index (χ0n) is 10.4. The van der Waals surface area contributed by atoms with Crippen LogP contribution in [0.2, 0.25) is 0 Å². The highest BCUT2D eigenvalue weighted by Gasteiger charge is 2.39. The van der Waals surface area contributed by atoms with Gasteiger partial charge in [0.15, 0.2) is 0 Å². The lowest BCUT2D eigenvalue weighted by Crippen LogP contribution is -2.28. The van der Waals surface area contributed by atoms with Gasteiger partial charge in [0.05, 0.1) is 5.41 Å². The number of hydrogen-bond donors (Lipinski definition) is 1. The Kier molecular flexibility index (Phi) is 2.83. The van der Waals surface area contributed by atoms with Gasteiger partial charge in [-0.1, -0.05) is 18.1 Å². The first-order valence-electron chi connectivity index (χ1n) is 6.30. The molecule has 0 amide bonds. The maximum absolute atomic E-state index is 5.46. The van der Waals surface area contributed by atoms with Crippen LogP contribution in [0.4, 0.5) is 0 Å². The zero-order valence-corrected chi connectivity index (χ0v) is 10.4. The van der Waals surface area contributed by atoms with Gasteiger partial charge in [0.1, 0.15) is 5.69 Å². The van der Waals surface area contributed by atoms with E-state index in [1.54, 1.807) is 6.20 Å². The van der Waals surface area contributed by atoms with Gasteiger partial charge in [0.25, 0.3) is 0 Å². The molecule has 3 rings (SSSR count). The monoisotopic (exact) mass is 244 g/mol. The Balaban J connectivity index is 1.94. The van der Waals surface area contributed by atoms with Gasteiger partial charge in [-0.3, -0.25) is 4.98 Å². The minimum absolute atomic E-state index is 0.0000301. The molecule has 5 nitrogen and oxygen atoms in total. The lowest BCUT2D eigenvalue weighted by Gasteiger charge is -2.20.